The van der Waals surface area contributed by atoms with Crippen molar-refractivity contribution in [3.05, 3.63) is 64.2 Å². The second-order valence-corrected chi connectivity index (χ2v) is 8.60. The number of aryl methyl sites for hydroxylation is 1. The van der Waals surface area contributed by atoms with Crippen molar-refractivity contribution >= 4 is 51.2 Å². The average molecular weight is 470 g/mol. The van der Waals surface area contributed by atoms with E-state index < -0.39 is 24.5 Å². The van der Waals surface area contributed by atoms with Gasteiger partial charge in [0.05, 0.1) is 6.61 Å². The van der Waals surface area contributed by atoms with Crippen LogP contribution in [-0.2, 0) is 14.3 Å². The zero-order valence-corrected chi connectivity index (χ0v) is 18.9. The molecule has 0 bridgehead atoms. The van der Waals surface area contributed by atoms with Crippen molar-refractivity contribution in [2.45, 2.75) is 13.8 Å². The van der Waals surface area contributed by atoms with E-state index >= 15 is 0 Å². The van der Waals surface area contributed by atoms with E-state index in [9.17, 15) is 14.4 Å². The third-order valence-electron chi connectivity index (χ3n) is 4.47. The third-order valence-corrected chi connectivity index (χ3v) is 6.27. The normalized spacial score (nSPS) is 10.8. The first-order valence-electron chi connectivity index (χ1n) is 9.71. The molecule has 4 aromatic rings. The number of amides is 1. The Kier molecular flexibility index (Phi) is 6.33. The molecular weight excluding hydrogens is 450 g/mol. The van der Waals surface area contributed by atoms with Crippen LogP contribution >= 0.6 is 22.7 Å². The molecule has 1 N–H and O–H groups in total. The minimum absolute atomic E-state index is 0.103. The topological polar surface area (TPSA) is 99.0 Å². The van der Waals surface area contributed by atoms with Gasteiger partial charge in [0.1, 0.15) is 16.2 Å². The van der Waals surface area contributed by atoms with E-state index in [1.54, 1.807) is 29.1 Å². The highest BCUT2D eigenvalue weighted by molar-refractivity contribution is 7.17. The number of nitrogens with zero attached hydrogens (tertiary/aromatic N) is 2. The number of rotatable bonds is 7. The summed E-state index contributed by atoms with van der Waals surface area (Å²) in [5.74, 6) is -1.80. The number of esters is 2. The van der Waals surface area contributed by atoms with Crippen molar-refractivity contribution in [3.63, 3.8) is 0 Å². The highest BCUT2D eigenvalue weighted by Gasteiger charge is 2.24. The minimum atomic E-state index is -0.711. The van der Waals surface area contributed by atoms with Crippen LogP contribution < -0.4 is 5.32 Å². The fraction of sp³-hybridized carbons (Fsp3) is 0.182. The van der Waals surface area contributed by atoms with E-state index in [2.05, 4.69) is 10.3 Å². The van der Waals surface area contributed by atoms with Crippen LogP contribution in [0.5, 0.6) is 0 Å². The first-order valence-corrected chi connectivity index (χ1v) is 11.5. The molecule has 0 saturated heterocycles. The van der Waals surface area contributed by atoms with Crippen molar-refractivity contribution in [1.29, 1.82) is 0 Å². The maximum absolute atomic E-state index is 12.5. The molecule has 0 spiro atoms. The summed E-state index contributed by atoms with van der Waals surface area (Å²) in [6.07, 6.45) is 3.33. The number of thiophene rings is 2. The molecule has 0 saturated carbocycles. The maximum atomic E-state index is 12.5. The Hall–Kier alpha value is -3.50. The largest absolute Gasteiger partial charge is 0.462 e. The predicted octanol–water partition coefficient (Wildman–Crippen LogP) is 4.40. The lowest BCUT2D eigenvalue weighted by molar-refractivity contribution is -0.119. The summed E-state index contributed by atoms with van der Waals surface area (Å²) in [6.45, 7) is 3.34. The number of aromatic nitrogens is 2. The summed E-state index contributed by atoms with van der Waals surface area (Å²) in [5, 5.41) is 6.69. The van der Waals surface area contributed by atoms with Gasteiger partial charge >= 0.3 is 11.9 Å². The molecule has 1 amide bonds. The lowest BCUT2D eigenvalue weighted by Crippen LogP contribution is -2.22. The van der Waals surface area contributed by atoms with Crippen molar-refractivity contribution in [1.82, 2.24) is 9.38 Å². The molecule has 0 aliphatic heterocycles. The summed E-state index contributed by atoms with van der Waals surface area (Å²) in [6, 6.07) is 7.50. The van der Waals surface area contributed by atoms with Gasteiger partial charge in [-0.25, -0.2) is 14.6 Å². The lowest BCUT2D eigenvalue weighted by Gasteiger charge is -2.08. The van der Waals surface area contributed by atoms with E-state index in [4.69, 9.17) is 9.47 Å². The number of imidazole rings is 1. The molecule has 0 aromatic carbocycles. The van der Waals surface area contributed by atoms with Gasteiger partial charge in [-0.15, -0.1) is 22.7 Å². The first kappa shape index (κ1) is 21.7. The molecule has 4 rings (SSSR count). The molecule has 164 valence electrons. The summed E-state index contributed by atoms with van der Waals surface area (Å²) >= 11 is 2.69. The van der Waals surface area contributed by atoms with E-state index in [0.717, 1.165) is 10.4 Å². The Morgan fingerprint density at radius 2 is 2.00 bits per heavy atom. The van der Waals surface area contributed by atoms with E-state index in [1.165, 1.54) is 22.7 Å². The molecule has 8 nitrogen and oxygen atoms in total. The third kappa shape index (κ3) is 4.56. The Morgan fingerprint density at radius 3 is 2.75 bits per heavy atom. The molecule has 0 aliphatic rings. The molecule has 0 radical (unpaired) electrons. The number of anilines is 1. The van der Waals surface area contributed by atoms with Gasteiger partial charge in [-0.1, -0.05) is 6.07 Å². The fourth-order valence-corrected chi connectivity index (χ4v) is 4.81. The van der Waals surface area contributed by atoms with E-state index in [-0.39, 0.29) is 17.9 Å². The number of hydrogen-bond donors (Lipinski definition) is 1. The van der Waals surface area contributed by atoms with Gasteiger partial charge in [0.15, 0.2) is 12.3 Å². The van der Waals surface area contributed by atoms with Crippen molar-refractivity contribution in [3.8, 4) is 10.4 Å². The van der Waals surface area contributed by atoms with Gasteiger partial charge < -0.3 is 19.2 Å². The number of pyridine rings is 1. The molecule has 0 atom stereocenters. The van der Waals surface area contributed by atoms with Crippen LogP contribution in [0.1, 0.15) is 33.3 Å². The van der Waals surface area contributed by atoms with E-state index in [0.29, 0.717) is 16.2 Å². The van der Waals surface area contributed by atoms with Gasteiger partial charge in [-0.3, -0.25) is 4.79 Å². The summed E-state index contributed by atoms with van der Waals surface area (Å²) in [4.78, 5) is 42.4. The number of hydrogen-bond acceptors (Lipinski definition) is 8. The monoisotopic (exact) mass is 469 g/mol. The summed E-state index contributed by atoms with van der Waals surface area (Å²) in [5.41, 5.74) is 2.70. The molecular formula is C22H19N3O5S2. The molecule has 0 unspecified atom stereocenters. The number of ether oxygens (including phenoxy) is 2. The highest BCUT2D eigenvalue weighted by atomic mass is 32.1. The standard InChI is InChI=1S/C22H19N3O5S2/c1-3-29-22(28)19-14(16-5-4-8-31-16)12-32-20(19)24-18(26)11-30-21(27)15-10-25-7-6-13(2)9-17(25)23-15/h4-10,12H,3,11H2,1-2H3,(H,24,26). The lowest BCUT2D eigenvalue weighted by atomic mass is 10.1. The summed E-state index contributed by atoms with van der Waals surface area (Å²) < 4.78 is 12.0. The molecule has 0 aliphatic carbocycles. The number of carbonyl (C=O) groups excluding carboxylic acids is 3. The Balaban J connectivity index is 1.45. The average Bonchev–Trinajstić information content (AvgIpc) is 3.50. The Bertz CT molecular complexity index is 1290. The van der Waals surface area contributed by atoms with Gasteiger partial charge in [0.25, 0.3) is 5.91 Å². The van der Waals surface area contributed by atoms with Crippen LogP contribution in [0.3, 0.4) is 0 Å². The van der Waals surface area contributed by atoms with Crippen LogP contribution in [0, 0.1) is 6.92 Å². The van der Waals surface area contributed by atoms with Crippen molar-refractivity contribution < 1.29 is 23.9 Å². The fourth-order valence-electron chi connectivity index (χ4n) is 3.02. The zero-order chi connectivity index (χ0) is 22.7. The van der Waals surface area contributed by atoms with Crippen molar-refractivity contribution in [2.75, 3.05) is 18.5 Å². The van der Waals surface area contributed by atoms with Crippen LogP contribution in [0.25, 0.3) is 16.1 Å². The number of carbonyl (C=O) groups is 3. The van der Waals surface area contributed by atoms with E-state index in [1.807, 2.05) is 36.6 Å². The van der Waals surface area contributed by atoms with Crippen LogP contribution in [0.15, 0.2) is 47.4 Å². The highest BCUT2D eigenvalue weighted by Crippen LogP contribution is 2.38. The van der Waals surface area contributed by atoms with Gasteiger partial charge in [0.2, 0.25) is 0 Å². The molecule has 4 heterocycles. The molecule has 32 heavy (non-hydrogen) atoms. The number of fused-ring (bicyclic) bond motifs is 1. The van der Waals surface area contributed by atoms with Gasteiger partial charge in [-0.2, -0.15) is 0 Å². The SMILES string of the molecule is CCOC(=O)c1c(-c2cccs2)csc1NC(=O)COC(=O)c1cn2ccc(C)cc2n1. The first-order chi connectivity index (χ1) is 15.5. The second-order valence-electron chi connectivity index (χ2n) is 6.77. The zero-order valence-electron chi connectivity index (χ0n) is 17.3. The Morgan fingerprint density at radius 1 is 1.16 bits per heavy atom. The van der Waals surface area contributed by atoms with Crippen LogP contribution in [-0.4, -0.2) is 40.4 Å². The van der Waals surface area contributed by atoms with Crippen LogP contribution in [0.4, 0.5) is 5.00 Å². The van der Waals surface area contributed by atoms with Crippen LogP contribution in [0.2, 0.25) is 0 Å². The Labute approximate surface area is 191 Å². The minimum Gasteiger partial charge on any atom is -0.462 e. The molecule has 4 aromatic heterocycles. The smallest absolute Gasteiger partial charge is 0.359 e. The van der Waals surface area contributed by atoms with Gasteiger partial charge in [0, 0.05) is 28.2 Å². The summed E-state index contributed by atoms with van der Waals surface area (Å²) in [7, 11) is 0. The number of nitrogens with one attached hydrogen (secondary N) is 1. The van der Waals surface area contributed by atoms with Gasteiger partial charge in [-0.05, 0) is 43.0 Å². The quantitative estimate of drug-likeness (QED) is 0.403. The van der Waals surface area contributed by atoms with Crippen molar-refractivity contribution in [2.24, 2.45) is 0 Å². The molecule has 10 heteroatoms. The predicted molar refractivity (Wildman–Crippen MR) is 122 cm³/mol. The second kappa shape index (κ2) is 9.33. The molecule has 0 fully saturated rings. The maximum Gasteiger partial charge on any atom is 0.359 e.